The summed E-state index contributed by atoms with van der Waals surface area (Å²) in [6.07, 6.45) is 4.06. The lowest BCUT2D eigenvalue weighted by molar-refractivity contribution is -0.928. The van der Waals surface area contributed by atoms with Gasteiger partial charge in [-0.25, -0.2) is 0 Å². The lowest BCUT2D eigenvalue weighted by atomic mass is 10.3. The van der Waals surface area contributed by atoms with Crippen LogP contribution in [0.25, 0.3) is 0 Å². The summed E-state index contributed by atoms with van der Waals surface area (Å²) in [6, 6.07) is 2.65. The third-order valence-electron chi connectivity index (χ3n) is 11.9. The van der Waals surface area contributed by atoms with E-state index in [9.17, 15) is 19.2 Å². The topological polar surface area (TPSA) is 216 Å². The molecule has 0 atom stereocenters. The Balaban J connectivity index is 5.82. The van der Waals surface area contributed by atoms with Crippen molar-refractivity contribution in [1.82, 2.24) is 0 Å². The number of thioether (sulfide) groups is 4. The molecular weight excluding hydrogens is 1100 g/mol. The maximum Gasteiger partial charge on any atom is 0.500 e. The average Bonchev–Trinajstić information content (AvgIpc) is 3.41. The molecule has 432 valence electrons. The van der Waals surface area contributed by atoms with Gasteiger partial charge in [0.25, 0.3) is 0 Å². The first kappa shape index (κ1) is 72.6. The predicted octanol–water partition coefficient (Wildman–Crippen LogP) is 5.54. The molecule has 0 aliphatic carbocycles. The van der Waals surface area contributed by atoms with Gasteiger partial charge in [0.1, 0.15) is 52.6 Å². The number of rotatable bonds is 52. The molecular formula is C44H92NO20S4Si4+. The number of hydrogen-bond acceptors (Lipinski definition) is 24. The summed E-state index contributed by atoms with van der Waals surface area (Å²) in [7, 11) is 8.38. The van der Waals surface area contributed by atoms with Crippen LogP contribution in [0.2, 0.25) is 24.2 Å². The molecule has 21 nitrogen and oxygen atoms in total. The van der Waals surface area contributed by atoms with Gasteiger partial charge in [0.15, 0.2) is 0 Å². The fraction of sp³-hybridized carbons (Fsp3) is 0.909. The van der Waals surface area contributed by atoms with Gasteiger partial charge in [0.05, 0.1) is 25.7 Å². The highest BCUT2D eigenvalue weighted by Gasteiger charge is 2.39. The largest absolute Gasteiger partial charge is 0.500 e. The summed E-state index contributed by atoms with van der Waals surface area (Å²) in [5, 5.41) is 0. The zero-order chi connectivity index (χ0) is 54.8. The Bertz CT molecular complexity index is 1190. The molecule has 0 saturated carbocycles. The minimum Gasteiger partial charge on any atom is -0.460 e. The second kappa shape index (κ2) is 44.5. The number of ether oxygens (including phenoxy) is 4. The highest BCUT2D eigenvalue weighted by molar-refractivity contribution is 7.99. The highest BCUT2D eigenvalue weighted by atomic mass is 32.2. The molecule has 29 heteroatoms. The van der Waals surface area contributed by atoms with E-state index < -0.39 is 35.2 Å². The molecule has 0 aliphatic heterocycles. The quantitative estimate of drug-likeness (QED) is 0.0240. The summed E-state index contributed by atoms with van der Waals surface area (Å²) >= 11 is 6.53. The molecule has 0 saturated heterocycles. The van der Waals surface area contributed by atoms with Crippen molar-refractivity contribution in [3.05, 3.63) is 0 Å². The van der Waals surface area contributed by atoms with Crippen LogP contribution in [-0.2, 0) is 91.2 Å². The Labute approximate surface area is 458 Å². The smallest absolute Gasteiger partial charge is 0.460 e. The first-order valence-electron chi connectivity index (χ1n) is 24.5. The number of carbonyl (C=O) groups is 4. The van der Waals surface area contributed by atoms with Crippen molar-refractivity contribution in [3.63, 3.8) is 0 Å². The summed E-state index contributed by atoms with van der Waals surface area (Å²) in [5.74, 6) is 4.04. The average molecular weight is 1200 g/mol. The first-order valence-corrected chi connectivity index (χ1v) is 36.9. The van der Waals surface area contributed by atoms with Crippen LogP contribution in [0.4, 0.5) is 0 Å². The van der Waals surface area contributed by atoms with E-state index in [0.29, 0.717) is 73.4 Å². The summed E-state index contributed by atoms with van der Waals surface area (Å²) in [6.45, 7) is 1.37. The van der Waals surface area contributed by atoms with Crippen LogP contribution in [0.3, 0.4) is 0 Å². The summed E-state index contributed by atoms with van der Waals surface area (Å²) in [5.41, 5.74) is 0. The molecule has 0 N–H and O–H groups in total. The van der Waals surface area contributed by atoms with Gasteiger partial charge in [-0.15, -0.1) is 0 Å². The van der Waals surface area contributed by atoms with Crippen molar-refractivity contribution >= 4 is 106 Å². The summed E-state index contributed by atoms with van der Waals surface area (Å²) < 4.78 is 89.3. The highest BCUT2D eigenvalue weighted by Crippen LogP contribution is 2.22. The van der Waals surface area contributed by atoms with E-state index in [1.807, 2.05) is 0 Å². The molecule has 0 fully saturated rings. The third kappa shape index (κ3) is 32.3. The second-order valence-corrected chi connectivity index (χ2v) is 33.4. The van der Waals surface area contributed by atoms with Crippen LogP contribution < -0.4 is 0 Å². The molecule has 0 heterocycles. The van der Waals surface area contributed by atoms with Crippen molar-refractivity contribution in [2.45, 2.75) is 75.5 Å². The van der Waals surface area contributed by atoms with Crippen molar-refractivity contribution < 1.29 is 95.7 Å². The van der Waals surface area contributed by atoms with Crippen LogP contribution >= 0.6 is 47.0 Å². The minimum absolute atomic E-state index is 0.0466. The van der Waals surface area contributed by atoms with E-state index in [-0.39, 0.29) is 80.5 Å². The molecule has 0 amide bonds. The first-order chi connectivity index (χ1) is 35.1. The lowest BCUT2D eigenvalue weighted by Gasteiger charge is -2.38. The van der Waals surface area contributed by atoms with E-state index >= 15 is 0 Å². The van der Waals surface area contributed by atoms with Gasteiger partial charge >= 0.3 is 59.1 Å². The standard InChI is InChI=1S/C44H92NO20S4Si4/c1-50-70(51-2,52-3)37-13-29-66-33-17-41(46)62-25-21-45(22-26-63-42(47)18-34-67-30-14-38-71(53-4,54-5)55-6,23-27-64-43(48)19-35-68-31-15-39-72(56-7,57-8)58-9)24-28-65-44(49)20-36-69-32-16-40-73(59-10,60-11)61-12/h13-40H2,1-12H3/q+1. The van der Waals surface area contributed by atoms with Gasteiger partial charge in [-0.2, -0.15) is 47.0 Å². The van der Waals surface area contributed by atoms with Crippen molar-refractivity contribution in [2.24, 2.45) is 0 Å². The number of quaternary nitrogens is 1. The molecule has 0 radical (unpaired) electrons. The van der Waals surface area contributed by atoms with Crippen molar-refractivity contribution in [1.29, 1.82) is 0 Å². The maximum atomic E-state index is 13.0. The fourth-order valence-corrected chi connectivity index (χ4v) is 18.6. The fourth-order valence-electron chi connectivity index (χ4n) is 7.19. The normalized spacial score (nSPS) is 12.5. The second-order valence-electron chi connectivity index (χ2n) is 16.2. The Kier molecular flexibility index (Phi) is 44.3. The molecule has 0 spiro atoms. The van der Waals surface area contributed by atoms with Crippen LogP contribution in [0, 0.1) is 0 Å². The van der Waals surface area contributed by atoms with Crippen LogP contribution in [0.1, 0.15) is 51.4 Å². The van der Waals surface area contributed by atoms with E-state index in [1.54, 1.807) is 132 Å². The number of carbonyl (C=O) groups excluding carboxylic acids is 4. The molecule has 0 aromatic heterocycles. The molecule has 0 aliphatic rings. The molecule has 0 bridgehead atoms. The molecule has 0 aromatic rings. The van der Waals surface area contributed by atoms with E-state index in [1.165, 1.54) is 0 Å². The number of hydrogen-bond donors (Lipinski definition) is 0. The van der Waals surface area contributed by atoms with Gasteiger partial charge in [-0.1, -0.05) is 0 Å². The van der Waals surface area contributed by atoms with E-state index in [4.69, 9.17) is 72.1 Å². The van der Waals surface area contributed by atoms with Crippen molar-refractivity contribution in [3.8, 4) is 0 Å². The zero-order valence-corrected chi connectivity index (χ0v) is 53.3. The van der Waals surface area contributed by atoms with Gasteiger partial charge in [0, 0.05) is 133 Å². The molecule has 73 heavy (non-hydrogen) atoms. The predicted molar refractivity (Wildman–Crippen MR) is 296 cm³/mol. The van der Waals surface area contributed by atoms with Gasteiger partial charge in [0.2, 0.25) is 0 Å². The van der Waals surface area contributed by atoms with E-state index in [2.05, 4.69) is 0 Å². The maximum absolute atomic E-state index is 13.0. The van der Waals surface area contributed by atoms with E-state index in [0.717, 1.165) is 48.7 Å². The monoisotopic (exact) mass is 1190 g/mol. The minimum atomic E-state index is -2.66. The number of esters is 4. The molecule has 0 unspecified atom stereocenters. The molecule has 0 rings (SSSR count). The number of nitrogens with zero attached hydrogens (tertiary/aromatic N) is 1. The van der Waals surface area contributed by atoms with Crippen LogP contribution in [-0.4, -0.2) is 248 Å². The Morgan fingerprint density at radius 1 is 0.301 bits per heavy atom. The summed E-state index contributed by atoms with van der Waals surface area (Å²) in [4.78, 5) is 52.0. The van der Waals surface area contributed by atoms with Crippen molar-refractivity contribution in [2.75, 3.05) is 184 Å². The van der Waals surface area contributed by atoms with Gasteiger partial charge in [-0.3, -0.25) is 19.2 Å². The van der Waals surface area contributed by atoms with Crippen LogP contribution in [0.15, 0.2) is 0 Å². The lowest BCUT2D eigenvalue weighted by Crippen LogP contribution is -2.56. The van der Waals surface area contributed by atoms with Gasteiger partial charge in [-0.05, 0) is 48.7 Å². The van der Waals surface area contributed by atoms with Gasteiger partial charge < -0.3 is 76.5 Å². The zero-order valence-electron chi connectivity index (χ0n) is 46.0. The molecule has 0 aromatic carbocycles. The Morgan fingerprint density at radius 3 is 0.644 bits per heavy atom. The van der Waals surface area contributed by atoms with Crippen LogP contribution in [0.5, 0.6) is 0 Å². The third-order valence-corrected chi connectivity index (χ3v) is 27.5. The SMILES string of the molecule is CO[Si](CCCSCCC(=O)OCC[N+](CCOC(=O)CCSCCC[Si](OC)(OC)OC)(CCOC(=O)CCSCCC[Si](OC)(OC)OC)CCOC(=O)CCSCCC[Si](OC)(OC)OC)(OC)OC. The Morgan fingerprint density at radius 2 is 0.479 bits per heavy atom. The Hall–Kier alpha value is -0.372.